The summed E-state index contributed by atoms with van der Waals surface area (Å²) in [4.78, 5) is 2.39. The van der Waals surface area contributed by atoms with Crippen LogP contribution in [0.4, 0.5) is 0 Å². The van der Waals surface area contributed by atoms with Crippen molar-refractivity contribution in [2.75, 3.05) is 45.9 Å². The Morgan fingerprint density at radius 2 is 1.75 bits per heavy atom. The quantitative estimate of drug-likeness (QED) is 0.0584. The molecule has 0 saturated carbocycles. The van der Waals surface area contributed by atoms with Crippen LogP contribution in [0.25, 0.3) is 0 Å². The number of nitrogens with zero attached hydrogens (tertiary/aromatic N) is 1. The van der Waals surface area contributed by atoms with Gasteiger partial charge in [0.1, 0.15) is 23.7 Å². The minimum absolute atomic E-state index is 0.0451. The summed E-state index contributed by atoms with van der Waals surface area (Å²) < 4.78 is 12.0. The summed E-state index contributed by atoms with van der Waals surface area (Å²) in [5.74, 6) is 0.842. The Morgan fingerprint density at radius 3 is 2.50 bits per heavy atom. The smallest absolute Gasteiger partial charge is 0.159 e. The van der Waals surface area contributed by atoms with Gasteiger partial charge in [0.25, 0.3) is 0 Å². The van der Waals surface area contributed by atoms with Gasteiger partial charge >= 0.3 is 0 Å². The number of aliphatic hydroxyl groups is 4. The lowest BCUT2D eigenvalue weighted by molar-refractivity contribution is 0.0155. The van der Waals surface area contributed by atoms with Crippen molar-refractivity contribution in [2.45, 2.75) is 101 Å². The molecule has 0 amide bonds. The summed E-state index contributed by atoms with van der Waals surface area (Å²) in [7, 11) is 0. The SMILES string of the molecule is C=C/C=C(\C=C/CN(CC1=CC=CC(O)C1)[C@@H]1CC=C(O)[C@H](OCCCCCN)C1)NCC1CC(OCCCCCCN)=C(O)C(O)C1. The summed E-state index contributed by atoms with van der Waals surface area (Å²) in [5, 5.41) is 45.3. The predicted octanol–water partition coefficient (Wildman–Crippen LogP) is 4.95. The number of aliphatic hydroxyl groups excluding tert-OH is 4. The van der Waals surface area contributed by atoms with Crippen LogP contribution < -0.4 is 16.8 Å². The Balaban J connectivity index is 1.59. The van der Waals surface area contributed by atoms with Gasteiger partial charge in [-0.05, 0) is 95.0 Å². The second kappa shape index (κ2) is 22.7. The van der Waals surface area contributed by atoms with Crippen LogP contribution >= 0.6 is 0 Å². The highest BCUT2D eigenvalue weighted by Crippen LogP contribution is 2.30. The van der Waals surface area contributed by atoms with Gasteiger partial charge in [-0.15, -0.1) is 0 Å². The Morgan fingerprint density at radius 1 is 1.00 bits per heavy atom. The first kappa shape index (κ1) is 39.6. The summed E-state index contributed by atoms with van der Waals surface area (Å²) in [6.07, 6.45) is 23.7. The standard InChI is InChI=1S/C38H62N4O6/c1-2-12-31(41-27-30-24-35(45)38(46)37(25-30)48-22-8-4-3-6-18-39)14-11-20-42(28-29-13-10-15-33(43)23-29)32-16-17-34(44)36(26-32)47-21-9-5-7-19-40/h2,10-15,17,30,32-33,35-36,41,43-46H,1,3-9,16,18-28,39-40H2/b14-11-,31-12+/t30?,32-,33?,35?,36-/m1/s1. The van der Waals surface area contributed by atoms with Crippen molar-refractivity contribution >= 4 is 0 Å². The average molecular weight is 671 g/mol. The van der Waals surface area contributed by atoms with Crippen molar-refractivity contribution in [1.82, 2.24) is 10.2 Å². The van der Waals surface area contributed by atoms with Gasteiger partial charge in [-0.1, -0.05) is 55.4 Å². The largest absolute Gasteiger partial charge is 0.510 e. The number of hydrogen-bond donors (Lipinski definition) is 7. The van der Waals surface area contributed by atoms with Crippen molar-refractivity contribution in [1.29, 1.82) is 0 Å². The third-order valence-corrected chi connectivity index (χ3v) is 9.18. The van der Waals surface area contributed by atoms with Crippen molar-refractivity contribution in [3.8, 4) is 0 Å². The number of rotatable bonds is 23. The summed E-state index contributed by atoms with van der Waals surface area (Å²) in [6.45, 7) is 8.34. The van der Waals surface area contributed by atoms with Gasteiger partial charge in [0.2, 0.25) is 0 Å². The molecule has 3 aliphatic carbocycles. The number of nitrogens with two attached hydrogens (primary N) is 2. The zero-order valence-corrected chi connectivity index (χ0v) is 28.9. The number of hydrogen-bond acceptors (Lipinski definition) is 10. The van der Waals surface area contributed by atoms with Crippen LogP contribution in [0.1, 0.15) is 77.0 Å². The van der Waals surface area contributed by atoms with Crippen LogP contribution in [0.3, 0.4) is 0 Å². The van der Waals surface area contributed by atoms with Crippen molar-refractivity contribution < 1.29 is 29.9 Å². The Kier molecular flexibility index (Phi) is 18.7. The van der Waals surface area contributed by atoms with Gasteiger partial charge in [-0.25, -0.2) is 0 Å². The molecule has 0 aliphatic heterocycles. The third kappa shape index (κ3) is 14.3. The molecule has 0 heterocycles. The van der Waals surface area contributed by atoms with Gasteiger partial charge in [0.05, 0.1) is 12.7 Å². The molecule has 48 heavy (non-hydrogen) atoms. The van der Waals surface area contributed by atoms with Gasteiger partial charge in [-0.3, -0.25) is 4.90 Å². The minimum atomic E-state index is -0.932. The molecule has 3 aliphatic rings. The van der Waals surface area contributed by atoms with Gasteiger partial charge < -0.3 is 46.7 Å². The second-order valence-corrected chi connectivity index (χ2v) is 13.2. The maximum Gasteiger partial charge on any atom is 0.159 e. The number of unbranched alkanes of at least 4 members (excludes halogenated alkanes) is 5. The molecule has 3 rings (SSSR count). The van der Waals surface area contributed by atoms with E-state index in [1.807, 2.05) is 30.4 Å². The van der Waals surface area contributed by atoms with Crippen molar-refractivity contribution in [3.63, 3.8) is 0 Å². The topological polar surface area (TPSA) is 167 Å². The van der Waals surface area contributed by atoms with E-state index in [4.69, 9.17) is 20.9 Å². The summed E-state index contributed by atoms with van der Waals surface area (Å²) >= 11 is 0. The van der Waals surface area contributed by atoms with Crippen LogP contribution in [0, 0.1) is 5.92 Å². The molecule has 0 aromatic heterocycles. The average Bonchev–Trinajstić information content (AvgIpc) is 3.07. The molecule has 0 bridgehead atoms. The molecular weight excluding hydrogens is 608 g/mol. The van der Waals surface area contributed by atoms with E-state index in [0.717, 1.165) is 56.2 Å². The van der Waals surface area contributed by atoms with Crippen LogP contribution in [0.2, 0.25) is 0 Å². The normalized spacial score (nSPS) is 25.0. The Hall–Kier alpha value is -2.86. The van der Waals surface area contributed by atoms with E-state index in [9.17, 15) is 20.4 Å². The van der Waals surface area contributed by atoms with Crippen molar-refractivity contribution in [2.24, 2.45) is 17.4 Å². The molecule has 0 spiro atoms. The molecule has 9 N–H and O–H groups in total. The van der Waals surface area contributed by atoms with E-state index in [1.165, 1.54) is 0 Å². The van der Waals surface area contributed by atoms with Crippen LogP contribution in [-0.4, -0.2) is 95.6 Å². The lowest BCUT2D eigenvalue weighted by Gasteiger charge is -2.36. The lowest BCUT2D eigenvalue weighted by Crippen LogP contribution is -2.42. The summed E-state index contributed by atoms with van der Waals surface area (Å²) in [6, 6.07) is 0.158. The highest BCUT2D eigenvalue weighted by atomic mass is 16.5. The van der Waals surface area contributed by atoms with Gasteiger partial charge in [0.15, 0.2) is 5.76 Å². The molecule has 3 unspecified atom stereocenters. The van der Waals surface area contributed by atoms with Crippen molar-refractivity contribution in [3.05, 3.63) is 83.7 Å². The Bertz CT molecular complexity index is 1150. The second-order valence-electron chi connectivity index (χ2n) is 13.2. The molecule has 0 radical (unpaired) electrons. The maximum atomic E-state index is 10.6. The first-order chi connectivity index (χ1) is 23.3. The first-order valence-electron chi connectivity index (χ1n) is 18.0. The Labute approximate surface area is 288 Å². The first-order valence-corrected chi connectivity index (χ1v) is 18.0. The fourth-order valence-corrected chi connectivity index (χ4v) is 6.42. The summed E-state index contributed by atoms with van der Waals surface area (Å²) in [5.41, 5.74) is 13.3. The predicted molar refractivity (Wildman–Crippen MR) is 193 cm³/mol. The van der Waals surface area contributed by atoms with E-state index < -0.39 is 12.2 Å². The fraction of sp³-hybridized carbons (Fsp3) is 0.632. The van der Waals surface area contributed by atoms with E-state index in [-0.39, 0.29) is 23.8 Å². The molecule has 0 saturated heterocycles. The molecular formula is C38H62N4O6. The molecule has 270 valence electrons. The van der Waals surface area contributed by atoms with E-state index in [0.29, 0.717) is 89.6 Å². The highest BCUT2D eigenvalue weighted by Gasteiger charge is 2.30. The number of allylic oxidation sites excluding steroid dienone is 6. The van der Waals surface area contributed by atoms with Gasteiger partial charge in [-0.2, -0.15) is 0 Å². The van der Waals surface area contributed by atoms with Crippen LogP contribution in [0.5, 0.6) is 0 Å². The number of ether oxygens (including phenoxy) is 2. The molecule has 10 heteroatoms. The van der Waals surface area contributed by atoms with Crippen LogP contribution in [0.15, 0.2) is 83.7 Å². The number of nitrogens with one attached hydrogen (secondary N) is 1. The molecule has 0 fully saturated rings. The molecule has 5 atom stereocenters. The van der Waals surface area contributed by atoms with E-state index >= 15 is 0 Å². The maximum absolute atomic E-state index is 10.6. The monoisotopic (exact) mass is 670 g/mol. The van der Waals surface area contributed by atoms with Gasteiger partial charge in [0, 0.05) is 44.4 Å². The molecule has 10 nitrogen and oxygen atoms in total. The zero-order chi connectivity index (χ0) is 34.6. The minimum Gasteiger partial charge on any atom is -0.510 e. The highest BCUT2D eigenvalue weighted by molar-refractivity contribution is 5.24. The third-order valence-electron chi connectivity index (χ3n) is 9.18. The van der Waals surface area contributed by atoms with Crippen LogP contribution in [-0.2, 0) is 9.47 Å². The van der Waals surface area contributed by atoms with E-state index in [2.05, 4.69) is 28.9 Å². The van der Waals surface area contributed by atoms with E-state index in [1.54, 1.807) is 6.08 Å². The fourth-order valence-electron chi connectivity index (χ4n) is 6.42. The lowest BCUT2D eigenvalue weighted by atomic mass is 9.89. The molecule has 0 aromatic carbocycles. The zero-order valence-electron chi connectivity index (χ0n) is 28.9. The molecule has 0 aromatic rings.